The average Bonchev–Trinajstić information content (AvgIpc) is 2.34. The quantitative estimate of drug-likeness (QED) is 0.421. The van der Waals surface area contributed by atoms with Gasteiger partial charge in [0.05, 0.1) is 19.8 Å². The zero-order valence-electron chi connectivity index (χ0n) is 11.4. The highest BCUT2D eigenvalue weighted by atomic mass is 16.6. The number of nitrogens with one attached hydrogen (secondary N) is 1. The van der Waals surface area contributed by atoms with Crippen LogP contribution in [0.4, 0.5) is 0 Å². The zero-order chi connectivity index (χ0) is 13.8. The van der Waals surface area contributed by atoms with E-state index in [1.54, 1.807) is 14.2 Å². The van der Waals surface area contributed by atoms with Gasteiger partial charge < -0.3 is 24.3 Å². The smallest absolute Gasteiger partial charge is 0.323 e. The Morgan fingerprint density at radius 2 is 1.83 bits per heavy atom. The van der Waals surface area contributed by atoms with Crippen molar-refractivity contribution < 1.29 is 23.8 Å². The summed E-state index contributed by atoms with van der Waals surface area (Å²) in [6, 6.07) is -0.437. The van der Waals surface area contributed by atoms with Crippen LogP contribution < -0.4 is 5.32 Å². The Balaban J connectivity index is 3.66. The van der Waals surface area contributed by atoms with Crippen LogP contribution in [0.5, 0.6) is 0 Å². The molecule has 0 aromatic heterocycles. The first-order chi connectivity index (χ1) is 8.61. The van der Waals surface area contributed by atoms with Gasteiger partial charge in [0.2, 0.25) is 0 Å². The summed E-state index contributed by atoms with van der Waals surface area (Å²) in [4.78, 5) is 22.4. The molecule has 0 spiro atoms. The Labute approximate surface area is 108 Å². The largest absolute Gasteiger partial charge is 0.462 e. The van der Waals surface area contributed by atoms with E-state index in [-0.39, 0.29) is 18.4 Å². The topological polar surface area (TPSA) is 73.9 Å². The lowest BCUT2D eigenvalue weighted by Crippen LogP contribution is -2.36. The minimum atomic E-state index is -0.437. The fourth-order valence-corrected chi connectivity index (χ4v) is 1.27. The van der Waals surface area contributed by atoms with Crippen molar-refractivity contribution in [1.29, 1.82) is 0 Å². The monoisotopic (exact) mass is 261 g/mol. The fraction of sp³-hybridized carbons (Fsp3) is 0.833. The third kappa shape index (κ3) is 9.09. The van der Waals surface area contributed by atoms with Crippen LogP contribution in [0.25, 0.3) is 0 Å². The molecule has 0 amide bonds. The molecular formula is C12H23NO5. The van der Waals surface area contributed by atoms with Gasteiger partial charge >= 0.3 is 5.97 Å². The summed E-state index contributed by atoms with van der Waals surface area (Å²) in [5, 5.41) is 2.83. The van der Waals surface area contributed by atoms with Gasteiger partial charge in [-0.05, 0) is 20.4 Å². The molecule has 1 unspecified atom stereocenters. The summed E-state index contributed by atoms with van der Waals surface area (Å²) in [5.74, 6) is -0.292. The summed E-state index contributed by atoms with van der Waals surface area (Å²) in [6.45, 7) is 3.06. The maximum atomic E-state index is 11.6. The molecule has 18 heavy (non-hydrogen) atoms. The Hall–Kier alpha value is -0.980. The van der Waals surface area contributed by atoms with Gasteiger partial charge in [-0.25, -0.2) is 0 Å². The lowest BCUT2D eigenvalue weighted by Gasteiger charge is -2.14. The summed E-state index contributed by atoms with van der Waals surface area (Å²) in [5.41, 5.74) is 0. The Bertz CT molecular complexity index is 245. The third-order valence-electron chi connectivity index (χ3n) is 2.32. The van der Waals surface area contributed by atoms with Gasteiger partial charge in [0.15, 0.2) is 0 Å². The maximum Gasteiger partial charge on any atom is 0.323 e. The van der Waals surface area contributed by atoms with E-state index in [0.717, 1.165) is 0 Å². The van der Waals surface area contributed by atoms with Gasteiger partial charge in [0.1, 0.15) is 18.4 Å². The molecule has 6 heteroatoms. The summed E-state index contributed by atoms with van der Waals surface area (Å²) < 4.78 is 15.0. The number of methoxy groups -OCH3 is 1. The number of rotatable bonds is 11. The van der Waals surface area contributed by atoms with Crippen molar-refractivity contribution in [2.24, 2.45) is 0 Å². The van der Waals surface area contributed by atoms with Crippen LogP contribution in [0, 0.1) is 0 Å². The van der Waals surface area contributed by atoms with Crippen molar-refractivity contribution in [3.63, 3.8) is 0 Å². The molecule has 1 N–H and O–H groups in total. The van der Waals surface area contributed by atoms with Crippen molar-refractivity contribution in [3.05, 3.63) is 0 Å². The lowest BCUT2D eigenvalue weighted by molar-refractivity contribution is -0.147. The van der Waals surface area contributed by atoms with Crippen LogP contribution in [-0.2, 0) is 23.8 Å². The second-order valence-corrected chi connectivity index (χ2v) is 3.85. The molecule has 0 heterocycles. The summed E-state index contributed by atoms with van der Waals surface area (Å²) >= 11 is 0. The minimum absolute atomic E-state index is 0.0611. The molecule has 0 saturated heterocycles. The predicted molar refractivity (Wildman–Crippen MR) is 66.4 cm³/mol. The minimum Gasteiger partial charge on any atom is -0.462 e. The van der Waals surface area contributed by atoms with E-state index in [0.29, 0.717) is 32.7 Å². The molecular weight excluding hydrogens is 238 g/mol. The van der Waals surface area contributed by atoms with E-state index in [1.165, 1.54) is 6.92 Å². The average molecular weight is 261 g/mol. The highest BCUT2D eigenvalue weighted by Gasteiger charge is 2.18. The third-order valence-corrected chi connectivity index (χ3v) is 2.32. The van der Waals surface area contributed by atoms with Crippen LogP contribution in [0.15, 0.2) is 0 Å². The van der Waals surface area contributed by atoms with Gasteiger partial charge in [0.25, 0.3) is 0 Å². The first-order valence-corrected chi connectivity index (χ1v) is 6.01. The van der Waals surface area contributed by atoms with Crippen LogP contribution in [0.3, 0.4) is 0 Å². The molecule has 0 aromatic rings. The molecule has 0 aliphatic rings. The highest BCUT2D eigenvalue weighted by Crippen LogP contribution is 2.00. The highest BCUT2D eigenvalue weighted by molar-refractivity contribution is 5.79. The van der Waals surface area contributed by atoms with Crippen molar-refractivity contribution >= 4 is 11.8 Å². The van der Waals surface area contributed by atoms with Crippen LogP contribution in [0.1, 0.15) is 19.8 Å². The number of carbonyl (C=O) groups is 2. The summed E-state index contributed by atoms with van der Waals surface area (Å²) in [6.07, 6.45) is 0.820. The number of hydrogen-bond donors (Lipinski definition) is 1. The van der Waals surface area contributed by atoms with Gasteiger partial charge in [-0.3, -0.25) is 4.79 Å². The molecule has 0 saturated carbocycles. The van der Waals surface area contributed by atoms with Gasteiger partial charge in [0, 0.05) is 13.5 Å². The van der Waals surface area contributed by atoms with Crippen molar-refractivity contribution in [3.8, 4) is 0 Å². The number of likely N-dealkylation sites (N-methyl/N-ethyl adjacent to an activating group) is 1. The second-order valence-electron chi connectivity index (χ2n) is 3.85. The molecule has 0 rings (SSSR count). The maximum absolute atomic E-state index is 11.6. The first-order valence-electron chi connectivity index (χ1n) is 6.01. The fourth-order valence-electron chi connectivity index (χ4n) is 1.27. The van der Waals surface area contributed by atoms with Crippen LogP contribution in [-0.4, -0.2) is 58.4 Å². The van der Waals surface area contributed by atoms with Crippen molar-refractivity contribution in [2.45, 2.75) is 25.8 Å². The molecule has 106 valence electrons. The molecule has 0 bridgehead atoms. The van der Waals surface area contributed by atoms with Crippen molar-refractivity contribution in [1.82, 2.24) is 5.32 Å². The SMILES string of the molecule is CNC(CCC(C)=O)C(=O)OCCOCCOC. The van der Waals surface area contributed by atoms with Crippen LogP contribution >= 0.6 is 0 Å². The van der Waals surface area contributed by atoms with E-state index in [4.69, 9.17) is 14.2 Å². The molecule has 0 aliphatic carbocycles. The van der Waals surface area contributed by atoms with Crippen molar-refractivity contribution in [2.75, 3.05) is 40.6 Å². The first kappa shape index (κ1) is 17.0. The van der Waals surface area contributed by atoms with E-state index in [2.05, 4.69) is 5.32 Å². The van der Waals surface area contributed by atoms with Gasteiger partial charge in [-0.15, -0.1) is 0 Å². The molecule has 6 nitrogen and oxygen atoms in total. The predicted octanol–water partition coefficient (Wildman–Crippen LogP) is 0.150. The lowest BCUT2D eigenvalue weighted by atomic mass is 10.1. The van der Waals surface area contributed by atoms with E-state index >= 15 is 0 Å². The molecule has 1 atom stereocenters. The number of esters is 1. The van der Waals surface area contributed by atoms with Crippen LogP contribution in [0.2, 0.25) is 0 Å². The number of Topliss-reactive ketones (excluding diaryl/α,β-unsaturated/α-hetero) is 1. The number of ketones is 1. The van der Waals surface area contributed by atoms with Gasteiger partial charge in [-0.1, -0.05) is 0 Å². The zero-order valence-corrected chi connectivity index (χ0v) is 11.4. The normalized spacial score (nSPS) is 12.2. The number of ether oxygens (including phenoxy) is 3. The summed E-state index contributed by atoms with van der Waals surface area (Å²) in [7, 11) is 3.26. The van der Waals surface area contributed by atoms with E-state index in [9.17, 15) is 9.59 Å². The Kier molecular flexibility index (Phi) is 10.5. The Morgan fingerprint density at radius 1 is 1.17 bits per heavy atom. The van der Waals surface area contributed by atoms with Gasteiger partial charge in [-0.2, -0.15) is 0 Å². The number of hydrogen-bond acceptors (Lipinski definition) is 6. The molecule has 0 aromatic carbocycles. The molecule has 0 radical (unpaired) electrons. The van der Waals surface area contributed by atoms with E-state index < -0.39 is 6.04 Å². The second kappa shape index (κ2) is 11.1. The number of carbonyl (C=O) groups excluding carboxylic acids is 2. The van der Waals surface area contributed by atoms with E-state index in [1.807, 2.05) is 0 Å². The Morgan fingerprint density at radius 3 is 2.39 bits per heavy atom. The molecule has 0 aliphatic heterocycles. The standard InChI is InChI=1S/C12H23NO5/c1-10(14)4-5-11(13-2)12(15)18-9-8-17-7-6-16-3/h11,13H,4-9H2,1-3H3. The molecule has 0 fully saturated rings.